The van der Waals surface area contributed by atoms with Crippen LogP contribution in [0.15, 0.2) is 48.5 Å². The lowest BCUT2D eigenvalue weighted by atomic mass is 10.1. The molecular formula is C22H27FN2O. The van der Waals surface area contributed by atoms with Crippen molar-refractivity contribution in [3.63, 3.8) is 0 Å². The lowest BCUT2D eigenvalue weighted by molar-refractivity contribution is -0.121. The number of hydrogen-bond donors (Lipinski definition) is 1. The van der Waals surface area contributed by atoms with Gasteiger partial charge in [0, 0.05) is 19.5 Å². The van der Waals surface area contributed by atoms with Crippen LogP contribution in [0.25, 0.3) is 0 Å². The van der Waals surface area contributed by atoms with Gasteiger partial charge in [-0.2, -0.15) is 0 Å². The van der Waals surface area contributed by atoms with Crippen molar-refractivity contribution in [3.05, 3.63) is 71.0 Å². The summed E-state index contributed by atoms with van der Waals surface area (Å²) in [5.41, 5.74) is 3.42. The molecular weight excluding hydrogens is 327 g/mol. The monoisotopic (exact) mass is 354 g/mol. The highest BCUT2D eigenvalue weighted by atomic mass is 19.1. The molecule has 0 saturated carbocycles. The summed E-state index contributed by atoms with van der Waals surface area (Å²) in [6, 6.07) is 14.8. The molecule has 2 aromatic carbocycles. The van der Waals surface area contributed by atoms with Crippen LogP contribution in [0.1, 0.15) is 42.4 Å². The summed E-state index contributed by atoms with van der Waals surface area (Å²) in [4.78, 5) is 14.5. The van der Waals surface area contributed by atoms with Crippen LogP contribution in [0.3, 0.4) is 0 Å². The van der Waals surface area contributed by atoms with Gasteiger partial charge in [0.2, 0.25) is 5.91 Å². The molecule has 1 amide bonds. The van der Waals surface area contributed by atoms with E-state index in [0.29, 0.717) is 19.4 Å². The summed E-state index contributed by atoms with van der Waals surface area (Å²) in [6.45, 7) is 3.97. The van der Waals surface area contributed by atoms with Crippen molar-refractivity contribution in [2.45, 2.75) is 45.2 Å². The molecule has 0 atom stereocenters. The van der Waals surface area contributed by atoms with Gasteiger partial charge in [-0.25, -0.2) is 4.39 Å². The normalized spacial score (nSPS) is 15.0. The third-order valence-electron chi connectivity index (χ3n) is 4.92. The molecule has 0 bridgehead atoms. The lowest BCUT2D eigenvalue weighted by Crippen LogP contribution is -2.29. The van der Waals surface area contributed by atoms with Gasteiger partial charge in [0.1, 0.15) is 5.82 Å². The highest BCUT2D eigenvalue weighted by Gasteiger charge is 2.10. The van der Waals surface area contributed by atoms with E-state index in [1.54, 1.807) is 12.1 Å². The fraction of sp³-hybridized carbons (Fsp3) is 0.409. The predicted molar refractivity (Wildman–Crippen MR) is 102 cm³/mol. The number of carbonyl (C=O) groups excluding carboxylic acids is 1. The second-order valence-electron chi connectivity index (χ2n) is 7.06. The molecule has 1 heterocycles. The highest BCUT2D eigenvalue weighted by Crippen LogP contribution is 2.13. The molecule has 1 N–H and O–H groups in total. The minimum absolute atomic E-state index is 0.0201. The van der Waals surface area contributed by atoms with Crippen molar-refractivity contribution in [1.82, 2.24) is 10.2 Å². The van der Waals surface area contributed by atoms with Gasteiger partial charge in [0.05, 0.1) is 0 Å². The van der Waals surface area contributed by atoms with Crippen LogP contribution in [-0.4, -0.2) is 23.9 Å². The maximum Gasteiger partial charge on any atom is 0.220 e. The van der Waals surface area contributed by atoms with Gasteiger partial charge in [-0.1, -0.05) is 42.8 Å². The first-order valence-electron chi connectivity index (χ1n) is 9.50. The summed E-state index contributed by atoms with van der Waals surface area (Å²) < 4.78 is 12.9. The number of benzene rings is 2. The Kier molecular flexibility index (Phi) is 6.78. The van der Waals surface area contributed by atoms with Crippen molar-refractivity contribution in [1.29, 1.82) is 0 Å². The first-order chi connectivity index (χ1) is 12.7. The van der Waals surface area contributed by atoms with E-state index >= 15 is 0 Å². The number of halogens is 1. The third-order valence-corrected chi connectivity index (χ3v) is 4.92. The molecule has 3 rings (SSSR count). The van der Waals surface area contributed by atoms with Crippen molar-refractivity contribution in [2.24, 2.45) is 0 Å². The molecule has 0 aliphatic carbocycles. The first-order valence-corrected chi connectivity index (χ1v) is 9.50. The fourth-order valence-electron chi connectivity index (χ4n) is 3.34. The lowest BCUT2D eigenvalue weighted by Gasteiger charge is -2.26. The van der Waals surface area contributed by atoms with Crippen LogP contribution < -0.4 is 5.32 Å². The number of nitrogens with one attached hydrogen (secondary N) is 1. The van der Waals surface area contributed by atoms with Crippen molar-refractivity contribution in [3.8, 4) is 0 Å². The van der Waals surface area contributed by atoms with Crippen molar-refractivity contribution < 1.29 is 9.18 Å². The minimum atomic E-state index is -0.248. The molecule has 0 radical (unpaired) electrons. The van der Waals surface area contributed by atoms with E-state index in [9.17, 15) is 9.18 Å². The van der Waals surface area contributed by atoms with Crippen LogP contribution in [0, 0.1) is 5.82 Å². The predicted octanol–water partition coefficient (Wildman–Crippen LogP) is 4.06. The number of hydrogen-bond acceptors (Lipinski definition) is 2. The van der Waals surface area contributed by atoms with Gasteiger partial charge in [-0.15, -0.1) is 0 Å². The van der Waals surface area contributed by atoms with Crippen molar-refractivity contribution >= 4 is 5.91 Å². The van der Waals surface area contributed by atoms with E-state index in [2.05, 4.69) is 34.5 Å². The first kappa shape index (κ1) is 18.6. The molecule has 1 aliphatic rings. The Balaban J connectivity index is 1.39. The van der Waals surface area contributed by atoms with E-state index in [1.165, 1.54) is 50.0 Å². The molecule has 1 saturated heterocycles. The van der Waals surface area contributed by atoms with E-state index in [0.717, 1.165) is 17.7 Å². The van der Waals surface area contributed by atoms with Crippen molar-refractivity contribution in [2.75, 3.05) is 13.1 Å². The topological polar surface area (TPSA) is 32.3 Å². The van der Waals surface area contributed by atoms with E-state index < -0.39 is 0 Å². The van der Waals surface area contributed by atoms with Crippen LogP contribution in [0.5, 0.6) is 0 Å². The van der Waals surface area contributed by atoms with Gasteiger partial charge >= 0.3 is 0 Å². The van der Waals surface area contributed by atoms with Crippen LogP contribution >= 0.6 is 0 Å². The second-order valence-corrected chi connectivity index (χ2v) is 7.06. The zero-order chi connectivity index (χ0) is 18.2. The Labute approximate surface area is 155 Å². The molecule has 138 valence electrons. The summed E-state index contributed by atoms with van der Waals surface area (Å²) in [5, 5.41) is 2.96. The minimum Gasteiger partial charge on any atom is -0.352 e. The molecule has 26 heavy (non-hydrogen) atoms. The molecule has 2 aromatic rings. The smallest absolute Gasteiger partial charge is 0.220 e. The van der Waals surface area contributed by atoms with E-state index in [1.807, 2.05) is 0 Å². The summed E-state index contributed by atoms with van der Waals surface area (Å²) in [6.07, 6.45) is 5.01. The van der Waals surface area contributed by atoms with Gasteiger partial charge < -0.3 is 5.32 Å². The molecule has 0 unspecified atom stereocenters. The van der Waals surface area contributed by atoms with Crippen LogP contribution in [0.2, 0.25) is 0 Å². The quantitative estimate of drug-likeness (QED) is 0.813. The SMILES string of the molecule is O=C(CCc1ccc(F)cc1)NCc1ccc(CN2CCCCC2)cc1. The summed E-state index contributed by atoms with van der Waals surface area (Å²) in [5.74, 6) is -0.228. The van der Waals surface area contributed by atoms with Gasteiger partial charge in [0.25, 0.3) is 0 Å². The average Bonchev–Trinajstić information content (AvgIpc) is 2.68. The largest absolute Gasteiger partial charge is 0.352 e. The Morgan fingerprint density at radius 3 is 2.19 bits per heavy atom. The van der Waals surface area contributed by atoms with Crippen LogP contribution in [0.4, 0.5) is 4.39 Å². The Bertz CT molecular complexity index is 691. The van der Waals surface area contributed by atoms with Gasteiger partial charge in [-0.05, 0) is 61.2 Å². The zero-order valence-electron chi connectivity index (χ0n) is 15.2. The Morgan fingerprint density at radius 2 is 1.50 bits per heavy atom. The highest BCUT2D eigenvalue weighted by molar-refractivity contribution is 5.76. The standard InChI is InChI=1S/C22H27FN2O/c23-21-11-8-18(9-12-21)10-13-22(26)24-16-19-4-6-20(7-5-19)17-25-14-2-1-3-15-25/h4-9,11-12H,1-3,10,13-17H2,(H,24,26). The van der Waals surface area contributed by atoms with Gasteiger partial charge in [-0.3, -0.25) is 9.69 Å². The Hall–Kier alpha value is -2.20. The number of piperidine rings is 1. The Morgan fingerprint density at radius 1 is 0.885 bits per heavy atom. The number of aryl methyl sites for hydroxylation is 1. The molecule has 4 heteroatoms. The number of likely N-dealkylation sites (tertiary alicyclic amines) is 1. The maximum atomic E-state index is 12.9. The van der Waals surface area contributed by atoms with E-state index in [-0.39, 0.29) is 11.7 Å². The molecule has 1 fully saturated rings. The van der Waals surface area contributed by atoms with Gasteiger partial charge in [0.15, 0.2) is 0 Å². The zero-order valence-corrected chi connectivity index (χ0v) is 15.2. The fourth-order valence-corrected chi connectivity index (χ4v) is 3.34. The number of amides is 1. The number of nitrogens with zero attached hydrogens (tertiary/aromatic N) is 1. The molecule has 1 aliphatic heterocycles. The average molecular weight is 354 g/mol. The summed E-state index contributed by atoms with van der Waals surface area (Å²) in [7, 11) is 0. The molecule has 0 spiro atoms. The molecule has 0 aromatic heterocycles. The maximum absolute atomic E-state index is 12.9. The molecule has 3 nitrogen and oxygen atoms in total. The van der Waals surface area contributed by atoms with E-state index in [4.69, 9.17) is 0 Å². The number of rotatable bonds is 7. The third kappa shape index (κ3) is 5.95. The van der Waals surface area contributed by atoms with Crippen LogP contribution in [-0.2, 0) is 24.3 Å². The number of carbonyl (C=O) groups is 1. The second kappa shape index (κ2) is 9.48. The summed E-state index contributed by atoms with van der Waals surface area (Å²) >= 11 is 0.